The molecule has 0 radical (unpaired) electrons. The second-order valence-corrected chi connectivity index (χ2v) is 4.66. The van der Waals surface area contributed by atoms with Gasteiger partial charge in [-0.1, -0.05) is 15.9 Å². The normalized spacial score (nSPS) is 13.0. The third kappa shape index (κ3) is 3.20. The summed E-state index contributed by atoms with van der Waals surface area (Å²) in [5.41, 5.74) is 0.668. The molecule has 78 valence electrons. The zero-order valence-electron chi connectivity index (χ0n) is 7.40. The molecule has 14 heavy (non-hydrogen) atoms. The molecule has 1 atom stereocenters. The minimum Gasteiger partial charge on any atom is -0.376 e. The van der Waals surface area contributed by atoms with Gasteiger partial charge in [0.15, 0.2) is 0 Å². The molecule has 0 aromatic heterocycles. The molecule has 1 unspecified atom stereocenters. The smallest absolute Gasteiger partial charge is 0.258 e. The summed E-state index contributed by atoms with van der Waals surface area (Å²) in [6.07, 6.45) is -2.37. The van der Waals surface area contributed by atoms with Crippen molar-refractivity contribution in [2.24, 2.45) is 0 Å². The molecule has 0 saturated carbocycles. The van der Waals surface area contributed by atoms with Gasteiger partial charge in [0.25, 0.3) is 6.43 Å². The summed E-state index contributed by atoms with van der Waals surface area (Å²) < 4.78 is 26.1. The Morgan fingerprint density at radius 1 is 1.29 bits per heavy atom. The van der Waals surface area contributed by atoms with Gasteiger partial charge in [-0.05, 0) is 41.1 Å². The lowest BCUT2D eigenvalue weighted by Crippen LogP contribution is -2.23. The Morgan fingerprint density at radius 2 is 1.93 bits per heavy atom. The monoisotopic (exact) mass is 327 g/mol. The summed E-state index contributed by atoms with van der Waals surface area (Å²) >= 11 is 6.57. The fourth-order valence-electron chi connectivity index (χ4n) is 0.915. The Hall–Kier alpha value is -0.160. The number of anilines is 1. The first-order chi connectivity index (χ1) is 6.50. The van der Waals surface area contributed by atoms with Crippen molar-refractivity contribution in [3.8, 4) is 0 Å². The Balaban J connectivity index is 2.77. The minimum absolute atomic E-state index is 0.668. The molecule has 0 bridgehead atoms. The highest BCUT2D eigenvalue weighted by Crippen LogP contribution is 2.27. The van der Waals surface area contributed by atoms with Gasteiger partial charge in [0.2, 0.25) is 0 Å². The number of rotatable bonds is 3. The second-order valence-electron chi connectivity index (χ2n) is 2.89. The van der Waals surface area contributed by atoms with E-state index in [2.05, 4.69) is 37.2 Å². The Kier molecular flexibility index (Phi) is 4.31. The van der Waals surface area contributed by atoms with Gasteiger partial charge in [0, 0.05) is 14.6 Å². The molecular weight excluding hydrogens is 320 g/mol. The fourth-order valence-corrected chi connectivity index (χ4v) is 2.08. The van der Waals surface area contributed by atoms with Crippen LogP contribution in [-0.4, -0.2) is 12.5 Å². The van der Waals surface area contributed by atoms with Crippen molar-refractivity contribution in [2.45, 2.75) is 19.4 Å². The summed E-state index contributed by atoms with van der Waals surface area (Å²) in [6, 6.07) is 4.49. The SMILES string of the molecule is CC(Nc1ccc(Br)cc1Br)C(F)F. The number of halogens is 4. The summed E-state index contributed by atoms with van der Waals surface area (Å²) in [7, 11) is 0. The van der Waals surface area contributed by atoms with Crippen molar-refractivity contribution in [3.63, 3.8) is 0 Å². The maximum atomic E-state index is 12.2. The maximum absolute atomic E-state index is 12.2. The van der Waals surface area contributed by atoms with E-state index in [4.69, 9.17) is 0 Å². The van der Waals surface area contributed by atoms with Crippen LogP contribution in [0.5, 0.6) is 0 Å². The summed E-state index contributed by atoms with van der Waals surface area (Å²) in [5.74, 6) is 0. The summed E-state index contributed by atoms with van der Waals surface area (Å²) in [4.78, 5) is 0. The Labute approximate surface area is 98.1 Å². The first kappa shape index (κ1) is 11.9. The average molecular weight is 329 g/mol. The molecule has 0 fully saturated rings. The highest BCUT2D eigenvalue weighted by molar-refractivity contribution is 9.11. The van der Waals surface area contributed by atoms with Crippen LogP contribution in [0.4, 0.5) is 14.5 Å². The van der Waals surface area contributed by atoms with E-state index in [1.54, 1.807) is 18.2 Å². The predicted molar refractivity (Wildman–Crippen MR) is 60.9 cm³/mol. The van der Waals surface area contributed by atoms with Crippen molar-refractivity contribution >= 4 is 37.5 Å². The van der Waals surface area contributed by atoms with Crippen molar-refractivity contribution in [3.05, 3.63) is 27.1 Å². The summed E-state index contributed by atoms with van der Waals surface area (Å²) in [6.45, 7) is 1.44. The standard InChI is InChI=1S/C9H9Br2F2N/c1-5(9(12)13)14-8-3-2-6(10)4-7(8)11/h2-5,9,14H,1H3. The van der Waals surface area contributed by atoms with E-state index in [1.807, 2.05) is 0 Å². The number of benzene rings is 1. The van der Waals surface area contributed by atoms with E-state index in [9.17, 15) is 8.78 Å². The first-order valence-electron chi connectivity index (χ1n) is 4.00. The Morgan fingerprint density at radius 3 is 2.43 bits per heavy atom. The van der Waals surface area contributed by atoms with Crippen LogP contribution in [0.3, 0.4) is 0 Å². The number of alkyl halides is 2. The molecule has 0 spiro atoms. The number of nitrogens with one attached hydrogen (secondary N) is 1. The zero-order valence-corrected chi connectivity index (χ0v) is 10.6. The molecular formula is C9H9Br2F2N. The fraction of sp³-hybridized carbons (Fsp3) is 0.333. The van der Waals surface area contributed by atoms with Crippen LogP contribution < -0.4 is 5.32 Å². The van der Waals surface area contributed by atoms with Crippen LogP contribution in [0.15, 0.2) is 27.1 Å². The molecule has 1 aromatic carbocycles. The lowest BCUT2D eigenvalue weighted by Gasteiger charge is -2.15. The van der Waals surface area contributed by atoms with Gasteiger partial charge < -0.3 is 5.32 Å². The quantitative estimate of drug-likeness (QED) is 0.873. The first-order valence-corrected chi connectivity index (χ1v) is 5.59. The number of hydrogen-bond donors (Lipinski definition) is 1. The van der Waals surface area contributed by atoms with Crippen molar-refractivity contribution < 1.29 is 8.78 Å². The van der Waals surface area contributed by atoms with E-state index < -0.39 is 12.5 Å². The zero-order chi connectivity index (χ0) is 10.7. The van der Waals surface area contributed by atoms with Crippen LogP contribution in [0.2, 0.25) is 0 Å². The van der Waals surface area contributed by atoms with Gasteiger partial charge in [-0.3, -0.25) is 0 Å². The Bertz CT molecular complexity index is 318. The molecule has 0 aliphatic rings. The molecule has 1 rings (SSSR count). The van der Waals surface area contributed by atoms with Crippen LogP contribution in [-0.2, 0) is 0 Å². The van der Waals surface area contributed by atoms with Crippen LogP contribution in [0, 0.1) is 0 Å². The van der Waals surface area contributed by atoms with E-state index in [0.717, 1.165) is 8.95 Å². The van der Waals surface area contributed by atoms with Gasteiger partial charge in [-0.15, -0.1) is 0 Å². The van der Waals surface area contributed by atoms with Gasteiger partial charge >= 0.3 is 0 Å². The summed E-state index contributed by atoms with van der Waals surface area (Å²) in [5, 5.41) is 2.72. The molecule has 1 aromatic rings. The van der Waals surface area contributed by atoms with Crippen molar-refractivity contribution in [2.75, 3.05) is 5.32 Å². The van der Waals surface area contributed by atoms with Crippen molar-refractivity contribution in [1.82, 2.24) is 0 Å². The van der Waals surface area contributed by atoms with Crippen LogP contribution in [0.1, 0.15) is 6.92 Å². The topological polar surface area (TPSA) is 12.0 Å². The predicted octanol–water partition coefficient (Wildman–Crippen LogP) is 4.28. The van der Waals surface area contributed by atoms with Crippen LogP contribution in [0.25, 0.3) is 0 Å². The highest BCUT2D eigenvalue weighted by atomic mass is 79.9. The van der Waals surface area contributed by atoms with E-state index in [-0.39, 0.29) is 0 Å². The molecule has 0 aliphatic heterocycles. The number of hydrogen-bond acceptors (Lipinski definition) is 1. The average Bonchev–Trinajstić information content (AvgIpc) is 2.09. The molecule has 0 heterocycles. The van der Waals surface area contributed by atoms with E-state index in [0.29, 0.717) is 5.69 Å². The van der Waals surface area contributed by atoms with Gasteiger partial charge in [0.1, 0.15) is 0 Å². The van der Waals surface area contributed by atoms with Gasteiger partial charge in [-0.2, -0.15) is 0 Å². The third-order valence-electron chi connectivity index (χ3n) is 1.69. The van der Waals surface area contributed by atoms with E-state index in [1.165, 1.54) is 6.92 Å². The second kappa shape index (κ2) is 5.07. The third-order valence-corrected chi connectivity index (χ3v) is 2.84. The molecule has 0 aliphatic carbocycles. The molecule has 1 nitrogen and oxygen atoms in total. The molecule has 5 heteroatoms. The largest absolute Gasteiger partial charge is 0.376 e. The van der Waals surface area contributed by atoms with Crippen LogP contribution >= 0.6 is 31.9 Å². The van der Waals surface area contributed by atoms with E-state index >= 15 is 0 Å². The molecule has 1 N–H and O–H groups in total. The van der Waals surface area contributed by atoms with Crippen molar-refractivity contribution in [1.29, 1.82) is 0 Å². The molecule has 0 saturated heterocycles. The lowest BCUT2D eigenvalue weighted by molar-refractivity contribution is 0.130. The van der Waals surface area contributed by atoms with Gasteiger partial charge in [0.05, 0.1) is 6.04 Å². The maximum Gasteiger partial charge on any atom is 0.258 e. The highest BCUT2D eigenvalue weighted by Gasteiger charge is 2.14. The molecule has 0 amide bonds. The lowest BCUT2D eigenvalue weighted by atomic mass is 10.3. The van der Waals surface area contributed by atoms with Gasteiger partial charge in [-0.25, -0.2) is 8.78 Å². The minimum atomic E-state index is -2.37.